The number of rotatable bonds is 6. The summed E-state index contributed by atoms with van der Waals surface area (Å²) in [6, 6.07) is 15.2. The van der Waals surface area contributed by atoms with E-state index in [0.717, 1.165) is 5.56 Å². The number of fused-ring (bicyclic) bond motifs is 1. The molecule has 0 aliphatic rings. The number of carbonyl (C=O) groups excluding carboxylic acids is 2. The predicted octanol–water partition coefficient (Wildman–Crippen LogP) is 3.34. The second-order valence-corrected chi connectivity index (χ2v) is 5.62. The monoisotopic (exact) mass is 338 g/mol. The Bertz CT molecular complexity index is 916. The summed E-state index contributed by atoms with van der Waals surface area (Å²) < 4.78 is 12.3. The van der Waals surface area contributed by atoms with Gasteiger partial charge in [-0.25, -0.2) is 4.68 Å². The van der Waals surface area contributed by atoms with Crippen LogP contribution >= 0.6 is 0 Å². The Balaban J connectivity index is 1.88. The maximum absolute atomic E-state index is 11.9. The number of aromatic nitrogens is 2. The summed E-state index contributed by atoms with van der Waals surface area (Å²) >= 11 is 0. The van der Waals surface area contributed by atoms with E-state index in [0.29, 0.717) is 29.0 Å². The number of hydrogen-bond donors (Lipinski definition) is 0. The van der Waals surface area contributed by atoms with Gasteiger partial charge < -0.3 is 9.47 Å². The standard InChI is InChI=1S/C19H18N2O4/c1-13(22)19-17-10-16(24-11-15-6-4-3-5-7-15)8-9-18(17)21(20-19)12-25-14(2)23/h3-10H,11-12H2,1-2H3. The second-order valence-electron chi connectivity index (χ2n) is 5.62. The molecule has 0 unspecified atom stereocenters. The Morgan fingerprint density at radius 2 is 1.84 bits per heavy atom. The van der Waals surface area contributed by atoms with Crippen LogP contribution in [0.5, 0.6) is 5.75 Å². The van der Waals surface area contributed by atoms with Crippen LogP contribution in [0, 0.1) is 0 Å². The third kappa shape index (κ3) is 3.85. The normalized spacial score (nSPS) is 10.6. The molecule has 6 heteroatoms. The summed E-state index contributed by atoms with van der Waals surface area (Å²) in [5.41, 5.74) is 2.09. The van der Waals surface area contributed by atoms with E-state index in [9.17, 15) is 9.59 Å². The third-order valence-electron chi connectivity index (χ3n) is 3.69. The zero-order valence-electron chi connectivity index (χ0n) is 14.1. The van der Waals surface area contributed by atoms with Crippen LogP contribution in [0.25, 0.3) is 10.9 Å². The van der Waals surface area contributed by atoms with E-state index in [1.54, 1.807) is 18.2 Å². The van der Waals surface area contributed by atoms with E-state index in [1.807, 2.05) is 30.3 Å². The fourth-order valence-electron chi connectivity index (χ4n) is 2.50. The van der Waals surface area contributed by atoms with Crippen LogP contribution in [0.2, 0.25) is 0 Å². The van der Waals surface area contributed by atoms with Crippen LogP contribution in [0.1, 0.15) is 29.9 Å². The van der Waals surface area contributed by atoms with Crippen LogP contribution < -0.4 is 4.74 Å². The van der Waals surface area contributed by atoms with E-state index < -0.39 is 5.97 Å². The van der Waals surface area contributed by atoms with Gasteiger partial charge in [0.25, 0.3) is 0 Å². The van der Waals surface area contributed by atoms with Gasteiger partial charge in [-0.15, -0.1) is 0 Å². The molecule has 0 amide bonds. The van der Waals surface area contributed by atoms with Gasteiger partial charge in [0.2, 0.25) is 0 Å². The second kappa shape index (κ2) is 7.17. The number of nitrogens with zero attached hydrogens (tertiary/aromatic N) is 2. The topological polar surface area (TPSA) is 70.4 Å². The van der Waals surface area contributed by atoms with E-state index >= 15 is 0 Å². The zero-order valence-corrected chi connectivity index (χ0v) is 14.1. The molecule has 0 aliphatic carbocycles. The molecule has 0 bridgehead atoms. The molecule has 3 aromatic rings. The molecule has 128 valence electrons. The number of esters is 1. The summed E-state index contributed by atoms with van der Waals surface area (Å²) in [7, 11) is 0. The minimum absolute atomic E-state index is 0.0384. The minimum atomic E-state index is -0.407. The van der Waals surface area contributed by atoms with E-state index in [4.69, 9.17) is 9.47 Å². The lowest BCUT2D eigenvalue weighted by Crippen LogP contribution is -2.08. The van der Waals surface area contributed by atoms with Crippen molar-refractivity contribution in [1.82, 2.24) is 9.78 Å². The van der Waals surface area contributed by atoms with Gasteiger partial charge >= 0.3 is 5.97 Å². The molecule has 6 nitrogen and oxygen atoms in total. The molecule has 25 heavy (non-hydrogen) atoms. The van der Waals surface area contributed by atoms with Crippen molar-refractivity contribution in [2.45, 2.75) is 27.2 Å². The van der Waals surface area contributed by atoms with Crippen molar-refractivity contribution in [3.05, 3.63) is 59.8 Å². The fraction of sp³-hybridized carbons (Fsp3) is 0.211. The highest BCUT2D eigenvalue weighted by Crippen LogP contribution is 2.25. The molecular formula is C19H18N2O4. The Hall–Kier alpha value is -3.15. The Kier molecular flexibility index (Phi) is 4.79. The summed E-state index contributed by atoms with van der Waals surface area (Å²) in [5, 5.41) is 4.93. The zero-order chi connectivity index (χ0) is 17.8. The lowest BCUT2D eigenvalue weighted by molar-refractivity contribution is -0.144. The van der Waals surface area contributed by atoms with Gasteiger partial charge in [-0.05, 0) is 23.8 Å². The van der Waals surface area contributed by atoms with Crippen LogP contribution in [0.15, 0.2) is 48.5 Å². The fourth-order valence-corrected chi connectivity index (χ4v) is 2.50. The largest absolute Gasteiger partial charge is 0.489 e. The minimum Gasteiger partial charge on any atom is -0.489 e. The van der Waals surface area contributed by atoms with Gasteiger partial charge in [-0.1, -0.05) is 30.3 Å². The molecule has 0 radical (unpaired) electrons. The molecule has 2 aromatic carbocycles. The lowest BCUT2D eigenvalue weighted by atomic mass is 10.1. The van der Waals surface area contributed by atoms with Gasteiger partial charge in [0.15, 0.2) is 12.5 Å². The van der Waals surface area contributed by atoms with Crippen molar-refractivity contribution in [2.24, 2.45) is 0 Å². The summed E-state index contributed by atoms with van der Waals surface area (Å²) in [4.78, 5) is 22.9. The Morgan fingerprint density at radius 3 is 2.52 bits per heavy atom. The summed E-state index contributed by atoms with van der Waals surface area (Å²) in [6.07, 6.45) is 0. The van der Waals surface area contributed by atoms with Gasteiger partial charge in [0.1, 0.15) is 18.1 Å². The maximum Gasteiger partial charge on any atom is 0.304 e. The van der Waals surface area contributed by atoms with E-state index in [2.05, 4.69) is 5.10 Å². The molecule has 0 atom stereocenters. The van der Waals surface area contributed by atoms with Gasteiger partial charge in [0, 0.05) is 19.2 Å². The first-order valence-electron chi connectivity index (χ1n) is 7.86. The highest BCUT2D eigenvalue weighted by Gasteiger charge is 2.15. The van der Waals surface area contributed by atoms with Gasteiger partial charge in [-0.3, -0.25) is 9.59 Å². The molecule has 0 spiro atoms. The van der Waals surface area contributed by atoms with Crippen LogP contribution in [-0.2, 0) is 22.9 Å². The van der Waals surface area contributed by atoms with Crippen molar-refractivity contribution in [2.75, 3.05) is 0 Å². The van der Waals surface area contributed by atoms with Crippen LogP contribution in [0.4, 0.5) is 0 Å². The summed E-state index contributed by atoms with van der Waals surface area (Å²) in [6.45, 7) is 3.18. The quantitative estimate of drug-likeness (QED) is 0.509. The molecule has 0 saturated carbocycles. The molecule has 0 saturated heterocycles. The molecular weight excluding hydrogens is 320 g/mol. The van der Waals surface area contributed by atoms with Crippen molar-refractivity contribution in [3.8, 4) is 5.75 Å². The lowest BCUT2D eigenvalue weighted by Gasteiger charge is -2.07. The first-order valence-corrected chi connectivity index (χ1v) is 7.86. The SMILES string of the molecule is CC(=O)OCn1nc(C(C)=O)c2cc(OCc3ccccc3)ccc21. The molecule has 1 heterocycles. The van der Waals surface area contributed by atoms with Crippen molar-refractivity contribution >= 4 is 22.7 Å². The number of Topliss-reactive ketones (excluding diaryl/α,β-unsaturated/α-hetero) is 1. The average molecular weight is 338 g/mol. The Morgan fingerprint density at radius 1 is 1.08 bits per heavy atom. The first kappa shape index (κ1) is 16.7. The number of hydrogen-bond acceptors (Lipinski definition) is 5. The number of ether oxygens (including phenoxy) is 2. The van der Waals surface area contributed by atoms with E-state index in [1.165, 1.54) is 18.5 Å². The highest BCUT2D eigenvalue weighted by molar-refractivity contribution is 6.05. The van der Waals surface area contributed by atoms with Gasteiger partial charge in [-0.2, -0.15) is 5.10 Å². The van der Waals surface area contributed by atoms with Crippen molar-refractivity contribution in [1.29, 1.82) is 0 Å². The molecule has 0 N–H and O–H groups in total. The van der Waals surface area contributed by atoms with Crippen molar-refractivity contribution < 1.29 is 19.1 Å². The Labute approximate surface area is 145 Å². The molecule has 0 fully saturated rings. The number of carbonyl (C=O) groups is 2. The van der Waals surface area contributed by atoms with Gasteiger partial charge in [0.05, 0.1) is 5.52 Å². The van der Waals surface area contributed by atoms with Crippen LogP contribution in [-0.4, -0.2) is 21.5 Å². The number of ketones is 1. The highest BCUT2D eigenvalue weighted by atomic mass is 16.5. The van der Waals surface area contributed by atoms with E-state index in [-0.39, 0.29) is 12.5 Å². The average Bonchev–Trinajstić information content (AvgIpc) is 2.97. The van der Waals surface area contributed by atoms with Crippen molar-refractivity contribution in [3.63, 3.8) is 0 Å². The predicted molar refractivity (Wildman–Crippen MR) is 92.3 cm³/mol. The molecule has 0 aliphatic heterocycles. The first-order chi connectivity index (χ1) is 12.0. The smallest absolute Gasteiger partial charge is 0.304 e. The molecule has 1 aromatic heterocycles. The maximum atomic E-state index is 11.9. The third-order valence-corrected chi connectivity index (χ3v) is 3.69. The number of benzene rings is 2. The van der Waals surface area contributed by atoms with Crippen LogP contribution in [0.3, 0.4) is 0 Å². The summed E-state index contributed by atoms with van der Waals surface area (Å²) in [5.74, 6) is 0.0773. The molecule has 3 rings (SSSR count).